The van der Waals surface area contributed by atoms with Crippen molar-refractivity contribution in [2.24, 2.45) is 0 Å². The Hall–Kier alpha value is -1.85. The number of furan rings is 1. The number of carbonyl (C=O) groups excluding carboxylic acids is 1. The highest BCUT2D eigenvalue weighted by Crippen LogP contribution is 2.30. The second kappa shape index (κ2) is 7.80. The third-order valence-corrected chi connectivity index (χ3v) is 5.69. The Bertz CT molecular complexity index is 764. The summed E-state index contributed by atoms with van der Waals surface area (Å²) in [6.07, 6.45) is 5.11. The van der Waals surface area contributed by atoms with Crippen molar-refractivity contribution in [2.45, 2.75) is 45.2 Å². The van der Waals surface area contributed by atoms with E-state index in [1.54, 1.807) is 0 Å². The van der Waals surface area contributed by atoms with Gasteiger partial charge in [0, 0.05) is 30.1 Å². The molecule has 5 nitrogen and oxygen atoms in total. The fourth-order valence-corrected chi connectivity index (χ4v) is 4.39. The number of fused-ring (bicyclic) bond motifs is 1. The van der Waals surface area contributed by atoms with Gasteiger partial charge in [-0.2, -0.15) is 0 Å². The van der Waals surface area contributed by atoms with E-state index in [2.05, 4.69) is 9.80 Å². The van der Waals surface area contributed by atoms with Gasteiger partial charge in [-0.05, 0) is 58.3 Å². The summed E-state index contributed by atoms with van der Waals surface area (Å²) in [5.41, 5.74) is 1.74. The Morgan fingerprint density at radius 1 is 1.19 bits per heavy atom. The van der Waals surface area contributed by atoms with E-state index in [0.29, 0.717) is 18.4 Å². The third-order valence-electron chi connectivity index (χ3n) is 5.69. The van der Waals surface area contributed by atoms with Gasteiger partial charge in [0.15, 0.2) is 0 Å². The molecule has 0 saturated carbocycles. The largest absolute Gasteiger partial charge is 0.460 e. The lowest BCUT2D eigenvalue weighted by atomic mass is 10.1. The lowest BCUT2D eigenvalue weighted by Crippen LogP contribution is -2.39. The number of likely N-dealkylation sites (tertiary alicyclic amines) is 2. The molecule has 0 N–H and O–H groups in total. The number of nitrogens with zero attached hydrogens (tertiary/aromatic N) is 2. The first-order chi connectivity index (χ1) is 12.8. The summed E-state index contributed by atoms with van der Waals surface area (Å²) in [5.74, 6) is 0.0221. The van der Waals surface area contributed by atoms with Crippen LogP contribution in [0.4, 0.5) is 0 Å². The highest BCUT2D eigenvalue weighted by atomic mass is 16.5. The van der Waals surface area contributed by atoms with E-state index in [1.165, 1.54) is 38.8 Å². The molecule has 3 heterocycles. The molecule has 26 heavy (non-hydrogen) atoms. The SMILES string of the molecule is CCOC(=O)c1oc2ccccc2c1CN1CCCC1CN1CCCC1. The Balaban J connectivity index is 1.58. The van der Waals surface area contributed by atoms with Crippen LogP contribution in [0.5, 0.6) is 0 Å². The zero-order valence-corrected chi connectivity index (χ0v) is 15.6. The second-order valence-electron chi connectivity index (χ2n) is 7.40. The molecule has 2 saturated heterocycles. The minimum absolute atomic E-state index is 0.353. The summed E-state index contributed by atoms with van der Waals surface area (Å²) in [7, 11) is 0. The van der Waals surface area contributed by atoms with Gasteiger partial charge in [-0.3, -0.25) is 4.90 Å². The molecule has 2 aromatic rings. The van der Waals surface area contributed by atoms with Crippen molar-refractivity contribution in [2.75, 3.05) is 32.8 Å². The molecule has 140 valence electrons. The first-order valence-corrected chi connectivity index (χ1v) is 9.90. The van der Waals surface area contributed by atoms with Crippen LogP contribution in [0.25, 0.3) is 11.0 Å². The topological polar surface area (TPSA) is 45.9 Å². The minimum Gasteiger partial charge on any atom is -0.460 e. The lowest BCUT2D eigenvalue weighted by molar-refractivity contribution is 0.0488. The standard InChI is InChI=1S/C21H28N2O3/c1-2-25-21(24)20-18(17-9-3-4-10-19(17)26-20)15-23-13-7-8-16(23)14-22-11-5-6-12-22/h3-4,9-10,16H,2,5-8,11-15H2,1H3. The number of hydrogen-bond acceptors (Lipinski definition) is 5. The van der Waals surface area contributed by atoms with Crippen LogP contribution in [0.2, 0.25) is 0 Å². The Morgan fingerprint density at radius 3 is 2.81 bits per heavy atom. The molecule has 0 spiro atoms. The van der Waals surface area contributed by atoms with Crippen LogP contribution >= 0.6 is 0 Å². The van der Waals surface area contributed by atoms with E-state index in [-0.39, 0.29) is 5.97 Å². The minimum atomic E-state index is -0.353. The zero-order chi connectivity index (χ0) is 17.9. The van der Waals surface area contributed by atoms with Crippen LogP contribution in [0, 0.1) is 0 Å². The predicted molar refractivity (Wildman–Crippen MR) is 101 cm³/mol. The van der Waals surface area contributed by atoms with Gasteiger partial charge in [-0.15, -0.1) is 0 Å². The molecule has 1 atom stereocenters. The van der Waals surface area contributed by atoms with E-state index >= 15 is 0 Å². The summed E-state index contributed by atoms with van der Waals surface area (Å²) >= 11 is 0. The van der Waals surface area contributed by atoms with E-state index in [9.17, 15) is 4.79 Å². The van der Waals surface area contributed by atoms with Gasteiger partial charge in [0.05, 0.1) is 6.61 Å². The molecular formula is C21H28N2O3. The van der Waals surface area contributed by atoms with Crippen molar-refractivity contribution in [1.29, 1.82) is 0 Å². The maximum atomic E-state index is 12.4. The summed E-state index contributed by atoms with van der Waals surface area (Å²) in [5, 5.41) is 1.03. The number of para-hydroxylation sites is 1. The smallest absolute Gasteiger partial charge is 0.374 e. The predicted octanol–water partition coefficient (Wildman–Crippen LogP) is 3.67. The summed E-state index contributed by atoms with van der Waals surface area (Å²) in [6, 6.07) is 8.48. The van der Waals surface area contributed by atoms with Gasteiger partial charge in [0.2, 0.25) is 5.76 Å². The molecule has 0 aliphatic carbocycles. The Labute approximate surface area is 154 Å². The fourth-order valence-electron chi connectivity index (χ4n) is 4.39. The molecule has 5 heteroatoms. The number of rotatable bonds is 6. The quantitative estimate of drug-likeness (QED) is 0.739. The maximum absolute atomic E-state index is 12.4. The van der Waals surface area contributed by atoms with Crippen molar-refractivity contribution < 1.29 is 13.9 Å². The highest BCUT2D eigenvalue weighted by Gasteiger charge is 2.30. The van der Waals surface area contributed by atoms with Gasteiger partial charge in [-0.25, -0.2) is 4.79 Å². The monoisotopic (exact) mass is 356 g/mol. The van der Waals surface area contributed by atoms with Crippen molar-refractivity contribution in [1.82, 2.24) is 9.80 Å². The van der Waals surface area contributed by atoms with Crippen LogP contribution in [0.3, 0.4) is 0 Å². The molecule has 2 fully saturated rings. The van der Waals surface area contributed by atoms with Gasteiger partial charge in [0.1, 0.15) is 5.58 Å². The molecule has 0 bridgehead atoms. The summed E-state index contributed by atoms with van der Waals surface area (Å²) in [4.78, 5) is 17.5. The van der Waals surface area contributed by atoms with Gasteiger partial charge >= 0.3 is 5.97 Å². The first kappa shape index (κ1) is 17.6. The summed E-state index contributed by atoms with van der Waals surface area (Å²) < 4.78 is 11.1. The van der Waals surface area contributed by atoms with Crippen molar-refractivity contribution >= 4 is 16.9 Å². The number of benzene rings is 1. The first-order valence-electron chi connectivity index (χ1n) is 9.90. The fraction of sp³-hybridized carbons (Fsp3) is 0.571. The molecule has 2 aliphatic heterocycles. The van der Waals surface area contributed by atoms with Crippen molar-refractivity contribution in [3.8, 4) is 0 Å². The van der Waals surface area contributed by atoms with E-state index in [4.69, 9.17) is 9.15 Å². The van der Waals surface area contributed by atoms with Crippen LogP contribution in [0.1, 0.15) is 48.7 Å². The lowest BCUT2D eigenvalue weighted by Gasteiger charge is -2.28. The molecule has 2 aliphatic rings. The third kappa shape index (κ3) is 3.51. The van der Waals surface area contributed by atoms with Crippen LogP contribution in [-0.2, 0) is 11.3 Å². The highest BCUT2D eigenvalue weighted by molar-refractivity contribution is 5.96. The van der Waals surface area contributed by atoms with Gasteiger partial charge < -0.3 is 14.1 Å². The van der Waals surface area contributed by atoms with Gasteiger partial charge in [-0.1, -0.05) is 18.2 Å². The number of hydrogen-bond donors (Lipinski definition) is 0. The maximum Gasteiger partial charge on any atom is 0.374 e. The van der Waals surface area contributed by atoms with E-state index in [1.807, 2.05) is 31.2 Å². The second-order valence-corrected chi connectivity index (χ2v) is 7.40. The summed E-state index contributed by atoms with van der Waals surface area (Å²) in [6.45, 7) is 7.62. The number of ether oxygens (including phenoxy) is 1. The van der Waals surface area contributed by atoms with Gasteiger partial charge in [0.25, 0.3) is 0 Å². The van der Waals surface area contributed by atoms with Crippen molar-refractivity contribution in [3.63, 3.8) is 0 Å². The molecule has 1 aromatic carbocycles. The molecule has 0 radical (unpaired) electrons. The van der Waals surface area contributed by atoms with E-state index in [0.717, 1.165) is 36.2 Å². The molecule has 4 rings (SSSR count). The molecule has 1 aromatic heterocycles. The Morgan fingerprint density at radius 2 is 2.00 bits per heavy atom. The zero-order valence-electron chi connectivity index (χ0n) is 15.6. The van der Waals surface area contributed by atoms with Crippen LogP contribution in [-0.4, -0.2) is 54.6 Å². The normalized spacial score (nSPS) is 21.7. The van der Waals surface area contributed by atoms with Crippen LogP contribution < -0.4 is 0 Å². The van der Waals surface area contributed by atoms with Crippen LogP contribution in [0.15, 0.2) is 28.7 Å². The average Bonchev–Trinajstić information content (AvgIpc) is 3.37. The van der Waals surface area contributed by atoms with Crippen molar-refractivity contribution in [3.05, 3.63) is 35.6 Å². The Kier molecular flexibility index (Phi) is 5.27. The molecule has 0 amide bonds. The van der Waals surface area contributed by atoms with E-state index < -0.39 is 0 Å². The molecule has 1 unspecified atom stereocenters. The average molecular weight is 356 g/mol. The number of esters is 1. The number of carbonyl (C=O) groups is 1. The molecular weight excluding hydrogens is 328 g/mol.